The van der Waals surface area contributed by atoms with Crippen molar-refractivity contribution >= 4 is 29.9 Å². The normalized spacial score (nSPS) is 18.1. The fourth-order valence-corrected chi connectivity index (χ4v) is 2.95. The monoisotopic (exact) mass is 469 g/mol. The molecule has 0 aromatic heterocycles. The van der Waals surface area contributed by atoms with E-state index in [1.54, 1.807) is 0 Å². The van der Waals surface area contributed by atoms with Gasteiger partial charge >= 0.3 is 0 Å². The molecule has 1 atom stereocenters. The Balaban J connectivity index is 0.00000576. The van der Waals surface area contributed by atoms with Gasteiger partial charge in [-0.15, -0.1) is 24.0 Å². The maximum Gasteiger partial charge on any atom is 0.191 e. The van der Waals surface area contributed by atoms with Gasteiger partial charge in [0.05, 0.1) is 6.54 Å². The number of hydrogen-bond donors (Lipinski definition) is 2. The van der Waals surface area contributed by atoms with E-state index in [1.165, 1.54) is 0 Å². The lowest BCUT2D eigenvalue weighted by molar-refractivity contribution is 0.0925. The van der Waals surface area contributed by atoms with Gasteiger partial charge in [-0.2, -0.15) is 0 Å². The lowest BCUT2D eigenvalue weighted by Gasteiger charge is -2.39. The van der Waals surface area contributed by atoms with Gasteiger partial charge < -0.3 is 20.3 Å². The fourth-order valence-electron chi connectivity index (χ4n) is 2.95. The van der Waals surface area contributed by atoms with Gasteiger partial charge in [-0.05, 0) is 33.2 Å². The highest BCUT2D eigenvalue weighted by atomic mass is 127. The minimum absolute atomic E-state index is 0. The summed E-state index contributed by atoms with van der Waals surface area (Å²) < 4.78 is 5.38. The summed E-state index contributed by atoms with van der Waals surface area (Å²) in [5.74, 6) is 1.53. The van der Waals surface area contributed by atoms with Crippen molar-refractivity contribution < 1.29 is 4.74 Å². The van der Waals surface area contributed by atoms with E-state index in [0.717, 1.165) is 71.4 Å². The van der Waals surface area contributed by atoms with Crippen molar-refractivity contribution in [3.05, 3.63) is 0 Å². The molecule has 1 fully saturated rings. The molecule has 1 aliphatic heterocycles. The number of rotatable bonds is 10. The van der Waals surface area contributed by atoms with Crippen LogP contribution in [0.4, 0.5) is 0 Å². The van der Waals surface area contributed by atoms with E-state index in [0.29, 0.717) is 12.0 Å². The number of aliphatic imine (C=N–C) groups is 1. The Morgan fingerprint density at radius 3 is 2.36 bits per heavy atom. The molecule has 2 N–H and O–H groups in total. The summed E-state index contributed by atoms with van der Waals surface area (Å²) in [6.07, 6.45) is 1.00. The number of hydrogen-bond acceptors (Lipinski definition) is 4. The maximum atomic E-state index is 5.38. The van der Waals surface area contributed by atoms with Crippen molar-refractivity contribution in [3.63, 3.8) is 0 Å². The molecule has 0 saturated carbocycles. The van der Waals surface area contributed by atoms with E-state index in [4.69, 9.17) is 9.73 Å². The number of piperazine rings is 1. The summed E-state index contributed by atoms with van der Waals surface area (Å²) in [4.78, 5) is 9.85. The number of guanidine groups is 1. The number of nitrogens with one attached hydrogen (secondary N) is 2. The van der Waals surface area contributed by atoms with Gasteiger partial charge in [0.2, 0.25) is 0 Å². The average molecular weight is 469 g/mol. The first kappa shape index (κ1) is 24.9. The molecule has 0 spiro atoms. The molecule has 0 aliphatic carbocycles. The van der Waals surface area contributed by atoms with Crippen LogP contribution in [0.15, 0.2) is 4.99 Å². The first-order valence-corrected chi connectivity index (χ1v) is 9.61. The van der Waals surface area contributed by atoms with Crippen LogP contribution >= 0.6 is 24.0 Å². The quantitative estimate of drug-likeness (QED) is 0.222. The van der Waals surface area contributed by atoms with E-state index < -0.39 is 0 Å². The van der Waals surface area contributed by atoms with Gasteiger partial charge in [0.15, 0.2) is 5.96 Å². The predicted molar refractivity (Wildman–Crippen MR) is 118 cm³/mol. The minimum atomic E-state index is 0. The standard InChI is InChI=1S/C18H39N5O.HI/c1-6-19-18(20-9-8-14-24-7-2)21-15-17(16(3)4)23-12-10-22(5)11-13-23;/h16-17H,6-15H2,1-5H3,(H2,19,20,21);1H. The highest BCUT2D eigenvalue weighted by molar-refractivity contribution is 14.0. The summed E-state index contributed by atoms with van der Waals surface area (Å²) in [7, 11) is 2.20. The van der Waals surface area contributed by atoms with E-state index >= 15 is 0 Å². The molecule has 0 amide bonds. The summed E-state index contributed by atoms with van der Waals surface area (Å²) in [5.41, 5.74) is 0. The Bertz CT molecular complexity index is 346. The van der Waals surface area contributed by atoms with Crippen LogP contribution in [-0.4, -0.2) is 87.9 Å². The zero-order valence-corrected chi connectivity index (χ0v) is 19.2. The average Bonchev–Trinajstić information content (AvgIpc) is 2.56. The van der Waals surface area contributed by atoms with Gasteiger partial charge in [0, 0.05) is 58.5 Å². The molecular weight excluding hydrogens is 429 g/mol. The SMILES string of the molecule is CCNC(=NCC(C(C)C)N1CCN(C)CC1)NCCCOCC.I. The molecule has 1 rings (SSSR count). The highest BCUT2D eigenvalue weighted by Gasteiger charge is 2.24. The first-order chi connectivity index (χ1) is 11.6. The third-order valence-electron chi connectivity index (χ3n) is 4.52. The van der Waals surface area contributed by atoms with Gasteiger partial charge in [-0.25, -0.2) is 0 Å². The largest absolute Gasteiger partial charge is 0.382 e. The molecule has 0 aromatic rings. The van der Waals surface area contributed by atoms with Crippen molar-refractivity contribution in [3.8, 4) is 0 Å². The van der Waals surface area contributed by atoms with E-state index in [2.05, 4.69) is 48.3 Å². The van der Waals surface area contributed by atoms with Crippen LogP contribution in [0.2, 0.25) is 0 Å². The van der Waals surface area contributed by atoms with Crippen LogP contribution in [-0.2, 0) is 4.74 Å². The van der Waals surface area contributed by atoms with Crippen molar-refractivity contribution in [1.29, 1.82) is 0 Å². The molecule has 150 valence electrons. The Hall–Kier alpha value is -0.120. The highest BCUT2D eigenvalue weighted by Crippen LogP contribution is 2.13. The molecule has 0 bridgehead atoms. The zero-order valence-electron chi connectivity index (χ0n) is 16.9. The van der Waals surface area contributed by atoms with Crippen molar-refractivity contribution in [2.45, 2.75) is 40.2 Å². The molecule has 1 aliphatic rings. The lowest BCUT2D eigenvalue weighted by atomic mass is 10.0. The van der Waals surface area contributed by atoms with Crippen LogP contribution in [0.25, 0.3) is 0 Å². The first-order valence-electron chi connectivity index (χ1n) is 9.61. The molecule has 6 nitrogen and oxygen atoms in total. The van der Waals surface area contributed by atoms with E-state index in [-0.39, 0.29) is 24.0 Å². The molecule has 7 heteroatoms. The van der Waals surface area contributed by atoms with Crippen molar-refractivity contribution in [2.24, 2.45) is 10.9 Å². The number of ether oxygens (including phenoxy) is 1. The van der Waals surface area contributed by atoms with E-state index in [9.17, 15) is 0 Å². The Morgan fingerprint density at radius 1 is 1.12 bits per heavy atom. The van der Waals surface area contributed by atoms with Gasteiger partial charge in [0.1, 0.15) is 0 Å². The van der Waals surface area contributed by atoms with Crippen LogP contribution in [0.5, 0.6) is 0 Å². The molecule has 25 heavy (non-hydrogen) atoms. The molecule has 0 aromatic carbocycles. The summed E-state index contributed by atoms with van der Waals surface area (Å²) in [6.45, 7) is 17.6. The predicted octanol–water partition coefficient (Wildman–Crippen LogP) is 1.86. The van der Waals surface area contributed by atoms with Gasteiger partial charge in [-0.3, -0.25) is 9.89 Å². The Labute approximate surface area is 172 Å². The van der Waals surface area contributed by atoms with Crippen LogP contribution in [0.3, 0.4) is 0 Å². The van der Waals surface area contributed by atoms with Gasteiger partial charge in [0.25, 0.3) is 0 Å². The second-order valence-corrected chi connectivity index (χ2v) is 6.85. The molecule has 0 radical (unpaired) electrons. The second kappa shape index (κ2) is 15.0. The number of halogens is 1. The molecule has 1 saturated heterocycles. The van der Waals surface area contributed by atoms with Crippen molar-refractivity contribution in [1.82, 2.24) is 20.4 Å². The second-order valence-electron chi connectivity index (χ2n) is 6.85. The summed E-state index contributed by atoms with van der Waals surface area (Å²) in [6, 6.07) is 0.512. The third-order valence-corrected chi connectivity index (χ3v) is 4.52. The van der Waals surface area contributed by atoms with Crippen molar-refractivity contribution in [2.75, 3.05) is 66.1 Å². The van der Waals surface area contributed by atoms with Crippen LogP contribution in [0, 0.1) is 5.92 Å². The van der Waals surface area contributed by atoms with Crippen LogP contribution in [0.1, 0.15) is 34.1 Å². The Kier molecular flexibility index (Phi) is 14.9. The smallest absolute Gasteiger partial charge is 0.191 e. The number of nitrogens with zero attached hydrogens (tertiary/aromatic N) is 3. The molecular formula is C18H40IN5O. The third kappa shape index (κ3) is 10.6. The maximum absolute atomic E-state index is 5.38. The molecule has 1 heterocycles. The minimum Gasteiger partial charge on any atom is -0.382 e. The number of likely N-dealkylation sites (N-methyl/N-ethyl adjacent to an activating group) is 1. The van der Waals surface area contributed by atoms with Gasteiger partial charge in [-0.1, -0.05) is 13.8 Å². The lowest BCUT2D eigenvalue weighted by Crippen LogP contribution is -2.52. The molecule has 1 unspecified atom stereocenters. The Morgan fingerprint density at radius 2 is 1.80 bits per heavy atom. The fraction of sp³-hybridized carbons (Fsp3) is 0.944. The summed E-state index contributed by atoms with van der Waals surface area (Å²) in [5, 5.41) is 6.77. The topological polar surface area (TPSA) is 52.1 Å². The van der Waals surface area contributed by atoms with E-state index in [1.807, 2.05) is 6.92 Å². The van der Waals surface area contributed by atoms with Crippen LogP contribution < -0.4 is 10.6 Å². The summed E-state index contributed by atoms with van der Waals surface area (Å²) >= 11 is 0. The zero-order chi connectivity index (χ0) is 17.8.